The summed E-state index contributed by atoms with van der Waals surface area (Å²) in [4.78, 5) is 28.7. The fraction of sp³-hybridized carbons (Fsp3) is 0.385. The number of rotatable bonds is 5. The van der Waals surface area contributed by atoms with Crippen molar-refractivity contribution in [2.75, 3.05) is 31.2 Å². The standard InChI is InChI=1S/C26H27N3O3/c30-24-21-7-6-20(28-8-10-32-11-9-28)12-23(21)29(26-13-19(14-26)15-26)17-22(24)25(31)27-16-18-4-2-1-3-5-18/h1-7,12,17,19H,8-11,13-16H2,(H,27,31). The summed E-state index contributed by atoms with van der Waals surface area (Å²) in [6.45, 7) is 3.54. The third kappa shape index (κ3) is 3.13. The number of pyridine rings is 1. The van der Waals surface area contributed by atoms with Crippen LogP contribution in [0.3, 0.4) is 0 Å². The molecule has 0 atom stereocenters. The summed E-state index contributed by atoms with van der Waals surface area (Å²) >= 11 is 0. The largest absolute Gasteiger partial charge is 0.378 e. The van der Waals surface area contributed by atoms with Gasteiger partial charge in [0.1, 0.15) is 5.56 Å². The van der Waals surface area contributed by atoms with Gasteiger partial charge in [-0.25, -0.2) is 0 Å². The van der Waals surface area contributed by atoms with Crippen LogP contribution in [-0.2, 0) is 16.8 Å². The zero-order valence-electron chi connectivity index (χ0n) is 18.0. The van der Waals surface area contributed by atoms with E-state index >= 15 is 0 Å². The van der Waals surface area contributed by atoms with E-state index in [1.165, 1.54) is 0 Å². The van der Waals surface area contributed by atoms with E-state index in [-0.39, 0.29) is 22.4 Å². The molecular weight excluding hydrogens is 402 g/mol. The Labute approximate surface area is 186 Å². The molecule has 2 heterocycles. The van der Waals surface area contributed by atoms with Gasteiger partial charge in [-0.05, 0) is 48.9 Å². The lowest BCUT2D eigenvalue weighted by Crippen LogP contribution is -2.59. The Hall–Kier alpha value is -3.12. The molecule has 0 radical (unpaired) electrons. The molecule has 1 aliphatic heterocycles. The van der Waals surface area contributed by atoms with Crippen LogP contribution >= 0.6 is 0 Å². The van der Waals surface area contributed by atoms with E-state index in [1.807, 2.05) is 48.7 Å². The van der Waals surface area contributed by atoms with Gasteiger partial charge in [0, 0.05) is 42.4 Å². The van der Waals surface area contributed by atoms with Crippen molar-refractivity contribution in [1.82, 2.24) is 9.88 Å². The van der Waals surface area contributed by atoms with Crippen molar-refractivity contribution in [1.29, 1.82) is 0 Å². The molecule has 2 bridgehead atoms. The van der Waals surface area contributed by atoms with Crippen molar-refractivity contribution in [2.45, 2.75) is 31.3 Å². The van der Waals surface area contributed by atoms with Gasteiger partial charge in [-0.2, -0.15) is 0 Å². The molecule has 164 valence electrons. The second kappa shape index (κ2) is 7.48. The van der Waals surface area contributed by atoms with Gasteiger partial charge in [0.15, 0.2) is 0 Å². The first kappa shape index (κ1) is 19.6. The van der Waals surface area contributed by atoms with E-state index in [0.717, 1.165) is 68.3 Å². The lowest BCUT2D eigenvalue weighted by atomic mass is 9.49. The molecule has 1 saturated heterocycles. The minimum Gasteiger partial charge on any atom is -0.378 e. The Morgan fingerprint density at radius 3 is 2.50 bits per heavy atom. The van der Waals surface area contributed by atoms with Gasteiger partial charge < -0.3 is 19.5 Å². The predicted octanol–water partition coefficient (Wildman–Crippen LogP) is 3.28. The fourth-order valence-electron chi connectivity index (χ4n) is 5.49. The van der Waals surface area contributed by atoms with Gasteiger partial charge >= 0.3 is 0 Å². The summed E-state index contributed by atoms with van der Waals surface area (Å²) < 4.78 is 7.74. The smallest absolute Gasteiger partial charge is 0.257 e. The fourth-order valence-corrected chi connectivity index (χ4v) is 5.49. The van der Waals surface area contributed by atoms with Crippen molar-refractivity contribution in [3.63, 3.8) is 0 Å². The normalized spacial score (nSPS) is 24.0. The first-order valence-electron chi connectivity index (χ1n) is 11.5. The predicted molar refractivity (Wildman–Crippen MR) is 124 cm³/mol. The number of ether oxygens (including phenoxy) is 1. The molecule has 0 unspecified atom stereocenters. The highest BCUT2D eigenvalue weighted by molar-refractivity contribution is 5.98. The third-order valence-corrected chi connectivity index (χ3v) is 7.42. The van der Waals surface area contributed by atoms with Gasteiger partial charge in [-0.3, -0.25) is 9.59 Å². The molecule has 1 amide bonds. The van der Waals surface area contributed by atoms with Crippen molar-refractivity contribution in [3.05, 3.63) is 76.1 Å². The van der Waals surface area contributed by atoms with Crippen LogP contribution in [0.5, 0.6) is 0 Å². The number of carbonyl (C=O) groups is 1. The summed E-state index contributed by atoms with van der Waals surface area (Å²) in [5, 5.41) is 3.56. The number of fused-ring (bicyclic) bond motifs is 1. The molecule has 1 N–H and O–H groups in total. The summed E-state index contributed by atoms with van der Waals surface area (Å²) in [5.41, 5.74) is 3.17. The highest BCUT2D eigenvalue weighted by atomic mass is 16.5. The van der Waals surface area contributed by atoms with Gasteiger partial charge in [0.05, 0.1) is 18.7 Å². The Balaban J connectivity index is 1.39. The maximum absolute atomic E-state index is 13.4. The van der Waals surface area contributed by atoms with Crippen LogP contribution in [0.2, 0.25) is 0 Å². The van der Waals surface area contributed by atoms with Crippen molar-refractivity contribution in [3.8, 4) is 0 Å². The molecule has 3 aromatic rings. The van der Waals surface area contributed by atoms with Gasteiger partial charge in [0.2, 0.25) is 5.43 Å². The number of benzene rings is 2. The first-order chi connectivity index (χ1) is 15.6. The molecule has 2 aromatic carbocycles. The molecule has 6 nitrogen and oxygen atoms in total. The number of anilines is 1. The minimum atomic E-state index is -0.307. The van der Waals surface area contributed by atoms with E-state index in [9.17, 15) is 9.59 Å². The maximum atomic E-state index is 13.4. The van der Waals surface area contributed by atoms with E-state index < -0.39 is 0 Å². The SMILES string of the molecule is O=C(NCc1ccccc1)c1cn(C23CC(C2)C3)c2cc(N3CCOCC3)ccc2c1=O. The lowest BCUT2D eigenvalue weighted by molar-refractivity contribution is -0.0860. The number of amides is 1. The molecule has 7 rings (SSSR count). The van der Waals surface area contributed by atoms with Crippen LogP contribution < -0.4 is 15.6 Å². The Morgan fingerprint density at radius 2 is 1.81 bits per heavy atom. The topological polar surface area (TPSA) is 63.6 Å². The zero-order valence-corrected chi connectivity index (χ0v) is 18.0. The zero-order chi connectivity index (χ0) is 21.7. The summed E-state index contributed by atoms with van der Waals surface area (Å²) in [6, 6.07) is 15.8. The Kier molecular flexibility index (Phi) is 4.57. The van der Waals surface area contributed by atoms with Gasteiger partial charge in [-0.15, -0.1) is 0 Å². The number of nitrogens with one attached hydrogen (secondary N) is 1. The third-order valence-electron chi connectivity index (χ3n) is 7.42. The van der Waals surface area contributed by atoms with Crippen molar-refractivity contribution in [2.24, 2.45) is 5.92 Å². The molecule has 4 fully saturated rings. The molecule has 4 aliphatic rings. The van der Waals surface area contributed by atoms with Crippen LogP contribution in [0.4, 0.5) is 5.69 Å². The highest BCUT2D eigenvalue weighted by Crippen LogP contribution is 2.62. The van der Waals surface area contributed by atoms with E-state index in [1.54, 1.807) is 0 Å². The average Bonchev–Trinajstić information content (AvgIpc) is 2.78. The molecule has 32 heavy (non-hydrogen) atoms. The van der Waals surface area contributed by atoms with Crippen LogP contribution in [0, 0.1) is 5.92 Å². The second-order valence-corrected chi connectivity index (χ2v) is 9.41. The van der Waals surface area contributed by atoms with E-state index in [2.05, 4.69) is 20.9 Å². The van der Waals surface area contributed by atoms with Crippen molar-refractivity contribution < 1.29 is 9.53 Å². The molecule has 3 aliphatic carbocycles. The maximum Gasteiger partial charge on any atom is 0.257 e. The van der Waals surface area contributed by atoms with Crippen molar-refractivity contribution >= 4 is 22.5 Å². The number of aromatic nitrogens is 1. The second-order valence-electron chi connectivity index (χ2n) is 9.41. The number of nitrogens with zero attached hydrogens (tertiary/aromatic N) is 2. The van der Waals surface area contributed by atoms with Crippen LogP contribution in [0.25, 0.3) is 10.9 Å². The van der Waals surface area contributed by atoms with Gasteiger partial charge in [0.25, 0.3) is 5.91 Å². The number of carbonyl (C=O) groups excluding carboxylic acids is 1. The first-order valence-corrected chi connectivity index (χ1v) is 11.5. The van der Waals surface area contributed by atoms with E-state index in [4.69, 9.17) is 4.74 Å². The monoisotopic (exact) mass is 429 g/mol. The Morgan fingerprint density at radius 1 is 1.06 bits per heavy atom. The molecular formula is C26H27N3O3. The summed E-state index contributed by atoms with van der Waals surface area (Å²) in [7, 11) is 0. The van der Waals surface area contributed by atoms with Crippen LogP contribution in [-0.4, -0.2) is 36.8 Å². The quantitative estimate of drug-likeness (QED) is 0.676. The highest BCUT2D eigenvalue weighted by Gasteiger charge is 2.58. The Bertz CT molecular complexity index is 1230. The average molecular weight is 430 g/mol. The molecule has 6 heteroatoms. The minimum absolute atomic E-state index is 0.0642. The lowest BCUT2D eigenvalue weighted by Gasteiger charge is -2.63. The molecule has 3 saturated carbocycles. The summed E-state index contributed by atoms with van der Waals surface area (Å²) in [5.74, 6) is 0.487. The van der Waals surface area contributed by atoms with E-state index in [0.29, 0.717) is 11.9 Å². The molecule has 0 spiro atoms. The number of hydrogen-bond donors (Lipinski definition) is 1. The van der Waals surface area contributed by atoms with Gasteiger partial charge in [-0.1, -0.05) is 30.3 Å². The number of hydrogen-bond acceptors (Lipinski definition) is 4. The molecule has 1 aromatic heterocycles. The van der Waals surface area contributed by atoms with Crippen LogP contribution in [0.15, 0.2) is 59.5 Å². The van der Waals surface area contributed by atoms with Crippen LogP contribution in [0.1, 0.15) is 35.2 Å². The number of morpholine rings is 1. The summed E-state index contributed by atoms with van der Waals surface area (Å²) in [6.07, 6.45) is 5.23.